The zero-order valence-electron chi connectivity index (χ0n) is 20.5. The van der Waals surface area contributed by atoms with Gasteiger partial charge in [0.15, 0.2) is 36.7 Å². The van der Waals surface area contributed by atoms with Crippen LogP contribution in [-0.2, 0) is 47.7 Å². The van der Waals surface area contributed by atoms with Gasteiger partial charge < -0.3 is 23.7 Å². The number of nitrogens with zero attached hydrogens (tertiary/aromatic N) is 4. The lowest BCUT2D eigenvalue weighted by Gasteiger charge is -2.44. The molecule has 0 saturated carbocycles. The quantitative estimate of drug-likeness (QED) is 0.274. The molecule has 4 rings (SSSR count). The number of para-hydroxylation sites is 1. The van der Waals surface area contributed by atoms with Gasteiger partial charge in [-0.2, -0.15) is 5.11 Å². The maximum Gasteiger partial charge on any atom is 0.303 e. The Morgan fingerprint density at radius 2 is 1.49 bits per heavy atom. The molecule has 0 radical (unpaired) electrons. The Kier molecular flexibility index (Phi) is 7.50. The third-order valence-electron chi connectivity index (χ3n) is 5.97. The number of rotatable bonds is 7. The van der Waals surface area contributed by atoms with E-state index in [0.717, 1.165) is 25.7 Å². The minimum atomic E-state index is -1.30. The molecule has 37 heavy (non-hydrogen) atoms. The first-order valence-electron chi connectivity index (χ1n) is 11.4. The fourth-order valence-corrected chi connectivity index (χ4v) is 4.58. The van der Waals surface area contributed by atoms with Gasteiger partial charge in [0.1, 0.15) is 6.10 Å². The average molecular weight is 518 g/mol. The molecule has 1 aromatic carbocycles. The van der Waals surface area contributed by atoms with Crippen molar-refractivity contribution in [3.8, 4) is 0 Å². The van der Waals surface area contributed by atoms with Crippen LogP contribution in [0.15, 0.2) is 40.7 Å². The Labute approximate surface area is 211 Å². The number of methoxy groups -OCH3 is 1. The standard InChI is InChI=1S/C23H26N4O10/c1-11(28)34-18-15(37-23(33-4)20(36-13(3)30)19(18)35-12(2)29)10-26-17-16(24-25-26)21(31)27(22(17)32)14-8-6-5-7-9-14/h5-9,15-20,23H,10H2,1-4H3/t15-,16+,17+,18-,19+,20-,23+/m1/s1. The number of esters is 3. The van der Waals surface area contributed by atoms with Crippen molar-refractivity contribution in [1.82, 2.24) is 5.01 Å². The van der Waals surface area contributed by atoms with E-state index in [1.165, 1.54) is 12.1 Å². The van der Waals surface area contributed by atoms with Gasteiger partial charge in [0.05, 0.1) is 12.2 Å². The van der Waals surface area contributed by atoms with Crippen LogP contribution in [0.5, 0.6) is 0 Å². The molecule has 3 aliphatic rings. The predicted molar refractivity (Wildman–Crippen MR) is 120 cm³/mol. The van der Waals surface area contributed by atoms with Gasteiger partial charge in [0.2, 0.25) is 0 Å². The van der Waals surface area contributed by atoms with Crippen LogP contribution in [0.25, 0.3) is 0 Å². The number of ether oxygens (including phenoxy) is 5. The molecule has 3 aliphatic heterocycles. The lowest BCUT2D eigenvalue weighted by atomic mass is 9.97. The Morgan fingerprint density at radius 3 is 2.08 bits per heavy atom. The highest BCUT2D eigenvalue weighted by atomic mass is 16.7. The van der Waals surface area contributed by atoms with Crippen LogP contribution in [0, 0.1) is 0 Å². The third kappa shape index (κ3) is 5.15. The maximum absolute atomic E-state index is 13.3. The number of hydrogen-bond acceptors (Lipinski definition) is 13. The van der Waals surface area contributed by atoms with Gasteiger partial charge >= 0.3 is 17.9 Å². The number of anilines is 1. The summed E-state index contributed by atoms with van der Waals surface area (Å²) in [5, 5.41) is 9.25. The molecule has 0 aliphatic carbocycles. The summed E-state index contributed by atoms with van der Waals surface area (Å²) in [6.07, 6.45) is -6.14. The smallest absolute Gasteiger partial charge is 0.303 e. The lowest BCUT2D eigenvalue weighted by molar-refractivity contribution is -0.299. The van der Waals surface area contributed by atoms with Crippen LogP contribution >= 0.6 is 0 Å². The first-order valence-corrected chi connectivity index (χ1v) is 11.4. The summed E-state index contributed by atoms with van der Waals surface area (Å²) in [7, 11) is 1.29. The average Bonchev–Trinajstić information content (AvgIpc) is 3.36. The second-order valence-electron chi connectivity index (χ2n) is 8.56. The molecule has 0 spiro atoms. The number of carbonyl (C=O) groups excluding carboxylic acids is 5. The molecule has 2 amide bonds. The summed E-state index contributed by atoms with van der Waals surface area (Å²) in [4.78, 5) is 62.9. The van der Waals surface area contributed by atoms with E-state index in [4.69, 9.17) is 23.7 Å². The van der Waals surface area contributed by atoms with Crippen LogP contribution in [0.2, 0.25) is 0 Å². The summed E-state index contributed by atoms with van der Waals surface area (Å²) in [5.74, 6) is -3.23. The van der Waals surface area contributed by atoms with E-state index >= 15 is 0 Å². The molecule has 198 valence electrons. The van der Waals surface area contributed by atoms with E-state index in [-0.39, 0.29) is 6.54 Å². The minimum absolute atomic E-state index is 0.200. The lowest BCUT2D eigenvalue weighted by Crippen LogP contribution is -2.64. The van der Waals surface area contributed by atoms with E-state index in [1.807, 2.05) is 0 Å². The van der Waals surface area contributed by atoms with Crippen molar-refractivity contribution < 1.29 is 47.7 Å². The zero-order chi connectivity index (χ0) is 26.9. The van der Waals surface area contributed by atoms with Gasteiger partial charge in [0, 0.05) is 27.9 Å². The third-order valence-corrected chi connectivity index (χ3v) is 5.97. The van der Waals surface area contributed by atoms with E-state index in [1.54, 1.807) is 30.3 Å². The topological polar surface area (TPSA) is 163 Å². The first-order chi connectivity index (χ1) is 17.6. The normalized spacial score (nSPS) is 30.8. The fourth-order valence-electron chi connectivity index (χ4n) is 4.58. The molecule has 2 saturated heterocycles. The molecule has 1 aromatic rings. The molecular formula is C23H26N4O10. The molecule has 0 N–H and O–H groups in total. The van der Waals surface area contributed by atoms with Gasteiger partial charge in [0.25, 0.3) is 11.8 Å². The van der Waals surface area contributed by atoms with E-state index in [0.29, 0.717) is 5.69 Å². The SMILES string of the molecule is CO[C@H]1O[C@H](CN2N=N[C@@H]3C(=O)N(c4ccccc4)C(=O)[C@H]32)[C@@H](OC(C)=O)[C@H](OC(C)=O)[C@H]1OC(C)=O. The summed E-state index contributed by atoms with van der Waals surface area (Å²) >= 11 is 0. The molecule has 7 atom stereocenters. The monoisotopic (exact) mass is 518 g/mol. The summed E-state index contributed by atoms with van der Waals surface area (Å²) in [5.41, 5.74) is 0.396. The van der Waals surface area contributed by atoms with Crippen molar-refractivity contribution >= 4 is 35.4 Å². The molecule has 0 unspecified atom stereocenters. The number of carbonyl (C=O) groups is 5. The number of benzene rings is 1. The second-order valence-corrected chi connectivity index (χ2v) is 8.56. The van der Waals surface area contributed by atoms with E-state index in [9.17, 15) is 24.0 Å². The molecule has 2 fully saturated rings. The van der Waals surface area contributed by atoms with Crippen LogP contribution in [0.4, 0.5) is 5.69 Å². The van der Waals surface area contributed by atoms with Crippen molar-refractivity contribution in [2.75, 3.05) is 18.6 Å². The molecular weight excluding hydrogens is 492 g/mol. The number of imide groups is 1. The van der Waals surface area contributed by atoms with Crippen LogP contribution in [-0.4, -0.2) is 91.2 Å². The van der Waals surface area contributed by atoms with Crippen molar-refractivity contribution in [2.45, 2.75) is 63.6 Å². The Bertz CT molecular complexity index is 1110. The highest BCUT2D eigenvalue weighted by molar-refractivity contribution is 6.25. The molecule has 0 aromatic heterocycles. The van der Waals surface area contributed by atoms with Gasteiger partial charge in [-0.05, 0) is 12.1 Å². The highest BCUT2D eigenvalue weighted by Crippen LogP contribution is 2.35. The van der Waals surface area contributed by atoms with E-state index < -0.39 is 72.5 Å². The van der Waals surface area contributed by atoms with Gasteiger partial charge in [-0.1, -0.05) is 23.4 Å². The van der Waals surface area contributed by atoms with E-state index in [2.05, 4.69) is 10.3 Å². The van der Waals surface area contributed by atoms with Crippen LogP contribution in [0.1, 0.15) is 20.8 Å². The molecule has 0 bridgehead atoms. The fraction of sp³-hybridized carbons (Fsp3) is 0.522. The molecule has 14 nitrogen and oxygen atoms in total. The highest BCUT2D eigenvalue weighted by Gasteiger charge is 2.57. The number of fused-ring (bicyclic) bond motifs is 1. The zero-order valence-corrected chi connectivity index (χ0v) is 20.5. The largest absolute Gasteiger partial charge is 0.456 e. The second kappa shape index (κ2) is 10.6. The Hall–Kier alpha value is -3.91. The van der Waals surface area contributed by atoms with Gasteiger partial charge in [-0.15, -0.1) is 0 Å². The first kappa shape index (κ1) is 26.2. The van der Waals surface area contributed by atoms with Crippen LogP contribution in [0.3, 0.4) is 0 Å². The minimum Gasteiger partial charge on any atom is -0.456 e. The van der Waals surface area contributed by atoms with Crippen molar-refractivity contribution in [3.05, 3.63) is 30.3 Å². The predicted octanol–water partition coefficient (Wildman–Crippen LogP) is 0.146. The summed E-state index contributed by atoms with van der Waals surface area (Å²) < 4.78 is 27.4. The van der Waals surface area contributed by atoms with Crippen LogP contribution < -0.4 is 4.90 Å². The van der Waals surface area contributed by atoms with Gasteiger partial charge in [-0.25, -0.2) is 4.90 Å². The van der Waals surface area contributed by atoms with Crippen molar-refractivity contribution in [2.24, 2.45) is 10.3 Å². The molecule has 14 heteroatoms. The molecule has 3 heterocycles. The summed E-state index contributed by atoms with van der Waals surface area (Å²) in [6, 6.07) is 6.27. The maximum atomic E-state index is 13.3. The van der Waals surface area contributed by atoms with Crippen molar-refractivity contribution in [1.29, 1.82) is 0 Å². The Balaban J connectivity index is 1.62. The van der Waals surface area contributed by atoms with Crippen molar-refractivity contribution in [3.63, 3.8) is 0 Å². The number of amides is 2. The Morgan fingerprint density at radius 1 is 0.892 bits per heavy atom. The van der Waals surface area contributed by atoms with Gasteiger partial charge in [-0.3, -0.25) is 29.0 Å². The number of hydrogen-bond donors (Lipinski definition) is 0. The summed E-state index contributed by atoms with van der Waals surface area (Å²) in [6.45, 7) is 3.24.